The molecule has 0 fully saturated rings. The number of aromatic nitrogens is 3. The predicted molar refractivity (Wildman–Crippen MR) is 93.3 cm³/mol. The predicted octanol–water partition coefficient (Wildman–Crippen LogP) is 4.13. The summed E-state index contributed by atoms with van der Waals surface area (Å²) < 4.78 is 1.90. The molecule has 4 heteroatoms. The molecule has 0 bridgehead atoms. The molecule has 0 spiro atoms. The minimum atomic E-state index is -0.136. The van der Waals surface area contributed by atoms with Crippen molar-refractivity contribution in [1.29, 1.82) is 0 Å². The Labute approximate surface area is 138 Å². The van der Waals surface area contributed by atoms with Crippen LogP contribution in [0.25, 0.3) is 11.0 Å². The highest BCUT2D eigenvalue weighted by Gasteiger charge is 2.16. The Morgan fingerprint density at radius 1 is 0.913 bits per heavy atom. The number of nitrogens with zero attached hydrogens (tertiary/aromatic N) is 3. The molecule has 0 saturated carbocycles. The summed E-state index contributed by atoms with van der Waals surface area (Å²) in [5.41, 5.74) is 2.88. The van der Waals surface area contributed by atoms with Crippen LogP contribution in [0.1, 0.15) is 16.5 Å². The lowest BCUT2D eigenvalue weighted by molar-refractivity contribution is 0.624. The zero-order chi connectivity index (χ0) is 15.5. The lowest BCUT2D eigenvalue weighted by atomic mass is 10.2. The van der Waals surface area contributed by atoms with E-state index in [1.807, 2.05) is 65.3 Å². The van der Waals surface area contributed by atoms with Crippen LogP contribution in [-0.4, -0.2) is 15.0 Å². The summed E-state index contributed by atoms with van der Waals surface area (Å²) in [4.78, 5) is 1.16. The second-order valence-corrected chi connectivity index (χ2v) is 6.06. The Balaban J connectivity index is 1.83. The highest BCUT2D eigenvalue weighted by atomic mass is 32.1. The van der Waals surface area contributed by atoms with Crippen molar-refractivity contribution < 1.29 is 0 Å². The first kappa shape index (κ1) is 13.7. The van der Waals surface area contributed by atoms with Crippen molar-refractivity contribution >= 4 is 22.4 Å². The van der Waals surface area contributed by atoms with Crippen molar-refractivity contribution in [2.45, 2.75) is 6.04 Å². The van der Waals surface area contributed by atoms with Gasteiger partial charge in [-0.25, -0.2) is 4.68 Å². The fourth-order valence-electron chi connectivity index (χ4n) is 2.45. The Morgan fingerprint density at radius 3 is 2.57 bits per heavy atom. The van der Waals surface area contributed by atoms with Crippen molar-refractivity contribution in [1.82, 2.24) is 15.0 Å². The molecule has 0 saturated heterocycles. The lowest BCUT2D eigenvalue weighted by Crippen LogP contribution is -2.09. The molecule has 0 aliphatic heterocycles. The topological polar surface area (TPSA) is 30.7 Å². The van der Waals surface area contributed by atoms with Crippen LogP contribution in [-0.2, 0) is 0 Å². The van der Waals surface area contributed by atoms with E-state index in [1.54, 1.807) is 11.3 Å². The van der Waals surface area contributed by atoms with Gasteiger partial charge in [-0.3, -0.25) is 0 Å². The minimum Gasteiger partial charge on any atom is -0.224 e. The molecule has 2 aromatic carbocycles. The van der Waals surface area contributed by atoms with Crippen LogP contribution < -0.4 is 0 Å². The average molecular weight is 315 g/mol. The SMILES string of the molecule is C(#CC(c1cccs1)n1nnc2ccccc21)c1ccccc1. The first-order valence-corrected chi connectivity index (χ1v) is 8.20. The van der Waals surface area contributed by atoms with E-state index in [0.717, 1.165) is 21.5 Å². The normalized spacial score (nSPS) is 11.8. The minimum absolute atomic E-state index is 0.136. The molecule has 1 atom stereocenters. The Kier molecular flexibility index (Phi) is 3.63. The summed E-state index contributed by atoms with van der Waals surface area (Å²) in [6.07, 6.45) is 0. The average Bonchev–Trinajstić information content (AvgIpc) is 3.27. The van der Waals surface area contributed by atoms with E-state index in [2.05, 4.69) is 33.6 Å². The van der Waals surface area contributed by atoms with Crippen LogP contribution in [0.2, 0.25) is 0 Å². The van der Waals surface area contributed by atoms with Gasteiger partial charge in [-0.2, -0.15) is 0 Å². The number of hydrogen-bond acceptors (Lipinski definition) is 3. The van der Waals surface area contributed by atoms with Gasteiger partial charge in [0, 0.05) is 10.4 Å². The van der Waals surface area contributed by atoms with Gasteiger partial charge in [-0.1, -0.05) is 53.5 Å². The number of rotatable bonds is 2. The fraction of sp³-hybridized carbons (Fsp3) is 0.0526. The van der Waals surface area contributed by atoms with Crippen molar-refractivity contribution in [2.75, 3.05) is 0 Å². The highest BCUT2D eigenvalue weighted by molar-refractivity contribution is 7.10. The Hall–Kier alpha value is -2.90. The van der Waals surface area contributed by atoms with E-state index < -0.39 is 0 Å². The number of benzene rings is 2. The summed E-state index contributed by atoms with van der Waals surface area (Å²) in [5, 5.41) is 10.7. The van der Waals surface area contributed by atoms with Crippen LogP contribution in [0.15, 0.2) is 72.1 Å². The maximum atomic E-state index is 4.33. The number of thiophene rings is 1. The molecular weight excluding hydrogens is 302 g/mol. The van der Waals surface area contributed by atoms with Gasteiger partial charge in [0.1, 0.15) is 11.6 Å². The van der Waals surface area contributed by atoms with Gasteiger partial charge in [0.25, 0.3) is 0 Å². The van der Waals surface area contributed by atoms with Crippen LogP contribution in [0.4, 0.5) is 0 Å². The standard InChI is InChI=1S/C19H13N3S/c1-2-7-15(8-3-1)12-13-18(19-11-6-14-23-19)22-17-10-5-4-9-16(17)20-21-22/h1-11,14,18H. The molecule has 1 unspecified atom stereocenters. The summed E-state index contributed by atoms with van der Waals surface area (Å²) in [5.74, 6) is 6.61. The van der Waals surface area contributed by atoms with Gasteiger partial charge in [-0.05, 0) is 35.7 Å². The second kappa shape index (κ2) is 6.07. The maximum absolute atomic E-state index is 4.33. The molecule has 0 aliphatic rings. The molecule has 0 aliphatic carbocycles. The molecule has 23 heavy (non-hydrogen) atoms. The van der Waals surface area contributed by atoms with E-state index in [-0.39, 0.29) is 6.04 Å². The Morgan fingerprint density at radius 2 is 1.74 bits per heavy atom. The molecule has 4 rings (SSSR count). The van der Waals surface area contributed by atoms with Crippen molar-refractivity contribution in [3.05, 3.63) is 82.6 Å². The fourth-order valence-corrected chi connectivity index (χ4v) is 3.21. The highest BCUT2D eigenvalue weighted by Crippen LogP contribution is 2.25. The number of hydrogen-bond donors (Lipinski definition) is 0. The van der Waals surface area contributed by atoms with Crippen LogP contribution >= 0.6 is 11.3 Å². The van der Waals surface area contributed by atoms with Crippen LogP contribution in [0.5, 0.6) is 0 Å². The van der Waals surface area contributed by atoms with Crippen molar-refractivity contribution in [3.8, 4) is 11.8 Å². The van der Waals surface area contributed by atoms with Gasteiger partial charge >= 0.3 is 0 Å². The maximum Gasteiger partial charge on any atom is 0.149 e. The monoisotopic (exact) mass is 315 g/mol. The summed E-state index contributed by atoms with van der Waals surface area (Å²) in [6.45, 7) is 0. The molecule has 2 heterocycles. The summed E-state index contributed by atoms with van der Waals surface area (Å²) in [6, 6.07) is 22.0. The first-order valence-electron chi connectivity index (χ1n) is 7.32. The smallest absolute Gasteiger partial charge is 0.149 e. The van der Waals surface area contributed by atoms with E-state index in [1.165, 1.54) is 0 Å². The molecule has 3 nitrogen and oxygen atoms in total. The molecule has 2 aromatic heterocycles. The van der Waals surface area contributed by atoms with Gasteiger partial charge < -0.3 is 0 Å². The third-order valence-corrected chi connectivity index (χ3v) is 4.49. The molecule has 0 N–H and O–H groups in total. The molecule has 4 aromatic rings. The second-order valence-electron chi connectivity index (χ2n) is 5.08. The van der Waals surface area contributed by atoms with Crippen LogP contribution in [0, 0.1) is 11.8 Å². The van der Waals surface area contributed by atoms with Gasteiger partial charge in [-0.15, -0.1) is 16.4 Å². The van der Waals surface area contributed by atoms with E-state index in [0.29, 0.717) is 0 Å². The quantitative estimate of drug-likeness (QED) is 0.521. The molecule has 0 radical (unpaired) electrons. The van der Waals surface area contributed by atoms with Gasteiger partial charge in [0.15, 0.2) is 0 Å². The van der Waals surface area contributed by atoms with Crippen molar-refractivity contribution in [3.63, 3.8) is 0 Å². The molecular formula is C19H13N3S. The number of fused-ring (bicyclic) bond motifs is 1. The third kappa shape index (κ3) is 2.75. The zero-order valence-electron chi connectivity index (χ0n) is 12.3. The largest absolute Gasteiger partial charge is 0.224 e. The first-order chi connectivity index (χ1) is 11.4. The van der Waals surface area contributed by atoms with Gasteiger partial charge in [0.2, 0.25) is 0 Å². The zero-order valence-corrected chi connectivity index (χ0v) is 13.1. The van der Waals surface area contributed by atoms with E-state index >= 15 is 0 Å². The van der Waals surface area contributed by atoms with Crippen LogP contribution in [0.3, 0.4) is 0 Å². The molecule has 110 valence electrons. The molecule has 0 amide bonds. The number of para-hydroxylation sites is 1. The summed E-state index contributed by atoms with van der Waals surface area (Å²) >= 11 is 1.68. The van der Waals surface area contributed by atoms with Crippen molar-refractivity contribution in [2.24, 2.45) is 0 Å². The third-order valence-electron chi connectivity index (χ3n) is 3.56. The lowest BCUT2D eigenvalue weighted by Gasteiger charge is -2.09. The van der Waals surface area contributed by atoms with E-state index in [4.69, 9.17) is 0 Å². The summed E-state index contributed by atoms with van der Waals surface area (Å²) in [7, 11) is 0. The van der Waals surface area contributed by atoms with E-state index in [9.17, 15) is 0 Å². The Bertz CT molecular complexity index is 976. The van der Waals surface area contributed by atoms with Gasteiger partial charge in [0.05, 0.1) is 5.52 Å².